The molecule has 0 saturated heterocycles. The van der Waals surface area contributed by atoms with E-state index in [4.69, 9.17) is 16.3 Å². The quantitative estimate of drug-likeness (QED) is 0.621. The molecule has 0 saturated carbocycles. The highest BCUT2D eigenvalue weighted by Crippen LogP contribution is 2.20. The molecule has 0 atom stereocenters. The molecular formula is C17H15ClFNO3S. The largest absolute Gasteiger partial charge is 0.455 e. The Kier molecular flexibility index (Phi) is 6.63. The molecule has 1 N–H and O–H groups in total. The number of ether oxygens (including phenoxy) is 1. The molecule has 0 aliphatic heterocycles. The normalized spacial score (nSPS) is 10.3. The summed E-state index contributed by atoms with van der Waals surface area (Å²) in [6.45, 7) is -0.450. The summed E-state index contributed by atoms with van der Waals surface area (Å²) in [6, 6.07) is 11.4. The van der Waals surface area contributed by atoms with E-state index in [1.165, 1.54) is 18.2 Å². The fourth-order valence-corrected chi connectivity index (χ4v) is 2.63. The zero-order valence-corrected chi connectivity index (χ0v) is 14.4. The Morgan fingerprint density at radius 1 is 1.25 bits per heavy atom. The molecule has 2 rings (SSSR count). The van der Waals surface area contributed by atoms with Crippen molar-refractivity contribution in [3.8, 4) is 0 Å². The van der Waals surface area contributed by atoms with E-state index < -0.39 is 24.3 Å². The molecule has 0 aliphatic rings. The topological polar surface area (TPSA) is 55.4 Å². The molecule has 0 bridgehead atoms. The Hall–Kier alpha value is -2.05. The van der Waals surface area contributed by atoms with Crippen LogP contribution in [0.5, 0.6) is 0 Å². The minimum Gasteiger partial charge on any atom is -0.455 e. The van der Waals surface area contributed by atoms with Gasteiger partial charge in [-0.1, -0.05) is 23.7 Å². The zero-order valence-electron chi connectivity index (χ0n) is 12.8. The molecule has 1 amide bonds. The summed E-state index contributed by atoms with van der Waals surface area (Å²) in [5.74, 6) is -1.78. The Labute approximate surface area is 148 Å². The summed E-state index contributed by atoms with van der Waals surface area (Å²) in [5.41, 5.74) is 0.664. The van der Waals surface area contributed by atoms with Gasteiger partial charge in [0.05, 0.1) is 6.42 Å². The lowest BCUT2D eigenvalue weighted by Crippen LogP contribution is -2.21. The van der Waals surface area contributed by atoms with Crippen molar-refractivity contribution in [2.24, 2.45) is 0 Å². The van der Waals surface area contributed by atoms with Crippen molar-refractivity contribution in [3.05, 3.63) is 58.9 Å². The Morgan fingerprint density at radius 2 is 2.00 bits per heavy atom. The molecule has 0 spiro atoms. The van der Waals surface area contributed by atoms with Gasteiger partial charge in [-0.05, 0) is 36.6 Å². The molecule has 2 aromatic rings. The number of hydrogen-bond acceptors (Lipinski definition) is 4. The molecule has 0 aromatic heterocycles. The maximum atomic E-state index is 13.6. The van der Waals surface area contributed by atoms with Gasteiger partial charge in [0.2, 0.25) is 0 Å². The summed E-state index contributed by atoms with van der Waals surface area (Å²) in [4.78, 5) is 24.5. The van der Waals surface area contributed by atoms with Crippen LogP contribution < -0.4 is 5.32 Å². The van der Waals surface area contributed by atoms with Crippen molar-refractivity contribution in [3.63, 3.8) is 0 Å². The molecule has 0 fully saturated rings. The van der Waals surface area contributed by atoms with Crippen LogP contribution in [0.3, 0.4) is 0 Å². The monoisotopic (exact) mass is 367 g/mol. The number of carbonyl (C=O) groups excluding carboxylic acids is 2. The first-order valence-corrected chi connectivity index (χ1v) is 8.62. The molecule has 0 radical (unpaired) electrons. The second kappa shape index (κ2) is 8.70. The Balaban J connectivity index is 1.86. The van der Waals surface area contributed by atoms with Gasteiger partial charge in [0, 0.05) is 21.2 Å². The third-order valence-electron chi connectivity index (χ3n) is 3.10. The smallest absolute Gasteiger partial charge is 0.310 e. The lowest BCUT2D eigenvalue weighted by atomic mass is 10.1. The van der Waals surface area contributed by atoms with E-state index in [0.717, 1.165) is 4.90 Å². The number of nitrogens with one attached hydrogen (secondary N) is 1. The minimum atomic E-state index is -0.727. The molecular weight excluding hydrogens is 353 g/mol. The summed E-state index contributed by atoms with van der Waals surface area (Å²) in [5, 5.41) is 2.77. The Morgan fingerprint density at radius 3 is 2.71 bits per heavy atom. The standard InChI is InChI=1S/C17H15ClFNO3S/c1-24-12-5-2-4-11(8-12)20-16(21)10-23-17(22)9-13-14(18)6-3-7-15(13)19/h2-8H,9-10H2,1H3,(H,20,21). The van der Waals surface area contributed by atoms with Crippen LogP contribution in [0.1, 0.15) is 5.56 Å². The van der Waals surface area contributed by atoms with Gasteiger partial charge < -0.3 is 10.1 Å². The summed E-state index contributed by atoms with van der Waals surface area (Å²) >= 11 is 7.39. The average molecular weight is 368 g/mol. The van der Waals surface area contributed by atoms with Crippen molar-refractivity contribution >= 4 is 40.9 Å². The molecule has 2 aromatic carbocycles. The van der Waals surface area contributed by atoms with Crippen molar-refractivity contribution in [1.82, 2.24) is 0 Å². The molecule has 24 heavy (non-hydrogen) atoms. The maximum Gasteiger partial charge on any atom is 0.310 e. The lowest BCUT2D eigenvalue weighted by molar-refractivity contribution is -0.146. The first-order chi connectivity index (χ1) is 11.5. The third kappa shape index (κ3) is 5.25. The summed E-state index contributed by atoms with van der Waals surface area (Å²) in [7, 11) is 0. The minimum absolute atomic E-state index is 0.0530. The molecule has 0 unspecified atom stereocenters. The van der Waals surface area contributed by atoms with Gasteiger partial charge >= 0.3 is 5.97 Å². The van der Waals surface area contributed by atoms with E-state index in [0.29, 0.717) is 5.69 Å². The van der Waals surface area contributed by atoms with Gasteiger partial charge in [0.1, 0.15) is 5.82 Å². The predicted molar refractivity (Wildman–Crippen MR) is 92.9 cm³/mol. The number of halogens is 2. The molecule has 0 aliphatic carbocycles. The number of hydrogen-bond donors (Lipinski definition) is 1. The van der Waals surface area contributed by atoms with Crippen LogP contribution in [0.2, 0.25) is 5.02 Å². The van der Waals surface area contributed by atoms with Gasteiger partial charge in [-0.15, -0.1) is 11.8 Å². The number of anilines is 1. The number of thioether (sulfide) groups is 1. The fourth-order valence-electron chi connectivity index (χ4n) is 1.94. The number of benzene rings is 2. The van der Waals surface area contributed by atoms with Crippen molar-refractivity contribution in [2.75, 3.05) is 18.2 Å². The van der Waals surface area contributed by atoms with Gasteiger partial charge in [-0.2, -0.15) is 0 Å². The highest BCUT2D eigenvalue weighted by Gasteiger charge is 2.14. The molecule has 0 heterocycles. The number of esters is 1. The van der Waals surface area contributed by atoms with Crippen LogP contribution in [0.25, 0.3) is 0 Å². The second-order valence-electron chi connectivity index (χ2n) is 4.82. The fraction of sp³-hybridized carbons (Fsp3) is 0.176. The number of rotatable bonds is 6. The average Bonchev–Trinajstić information content (AvgIpc) is 2.56. The molecule has 7 heteroatoms. The van der Waals surface area contributed by atoms with Crippen LogP contribution in [0.15, 0.2) is 47.4 Å². The number of carbonyl (C=O) groups is 2. The molecule has 126 valence electrons. The SMILES string of the molecule is CSc1cccc(NC(=O)COC(=O)Cc2c(F)cccc2Cl)c1. The van der Waals surface area contributed by atoms with E-state index in [9.17, 15) is 14.0 Å². The third-order valence-corrected chi connectivity index (χ3v) is 4.18. The van der Waals surface area contributed by atoms with E-state index >= 15 is 0 Å². The summed E-state index contributed by atoms with van der Waals surface area (Å²) in [6.07, 6.45) is 1.59. The van der Waals surface area contributed by atoms with Crippen molar-refractivity contribution < 1.29 is 18.7 Å². The van der Waals surface area contributed by atoms with Crippen LogP contribution in [-0.2, 0) is 20.7 Å². The van der Waals surface area contributed by atoms with Crippen LogP contribution in [0, 0.1) is 5.82 Å². The predicted octanol–water partition coefficient (Wildman–Crippen LogP) is 3.93. The van der Waals surface area contributed by atoms with Gasteiger partial charge in [-0.3, -0.25) is 9.59 Å². The highest BCUT2D eigenvalue weighted by atomic mass is 35.5. The van der Waals surface area contributed by atoms with Gasteiger partial charge in [0.15, 0.2) is 6.61 Å². The molecule has 4 nitrogen and oxygen atoms in total. The van der Waals surface area contributed by atoms with E-state index in [2.05, 4.69) is 5.32 Å². The van der Waals surface area contributed by atoms with Crippen LogP contribution in [-0.4, -0.2) is 24.7 Å². The van der Waals surface area contributed by atoms with Gasteiger partial charge in [-0.25, -0.2) is 4.39 Å². The van der Waals surface area contributed by atoms with Crippen molar-refractivity contribution in [2.45, 2.75) is 11.3 Å². The first kappa shape index (κ1) is 18.3. The lowest BCUT2D eigenvalue weighted by Gasteiger charge is -2.08. The summed E-state index contributed by atoms with van der Waals surface area (Å²) < 4.78 is 18.5. The van der Waals surface area contributed by atoms with E-state index in [1.807, 2.05) is 24.5 Å². The highest BCUT2D eigenvalue weighted by molar-refractivity contribution is 7.98. The maximum absolute atomic E-state index is 13.6. The van der Waals surface area contributed by atoms with Crippen molar-refractivity contribution in [1.29, 1.82) is 0 Å². The second-order valence-corrected chi connectivity index (χ2v) is 6.10. The first-order valence-electron chi connectivity index (χ1n) is 7.02. The van der Waals surface area contributed by atoms with Crippen LogP contribution in [0.4, 0.5) is 10.1 Å². The number of amides is 1. The zero-order chi connectivity index (χ0) is 17.5. The Bertz CT molecular complexity index is 734. The van der Waals surface area contributed by atoms with E-state index in [-0.39, 0.29) is 17.0 Å². The van der Waals surface area contributed by atoms with Gasteiger partial charge in [0.25, 0.3) is 5.91 Å². The van der Waals surface area contributed by atoms with E-state index in [1.54, 1.807) is 17.8 Å². The van der Waals surface area contributed by atoms with Crippen LogP contribution >= 0.6 is 23.4 Å².